The highest BCUT2D eigenvalue weighted by Crippen LogP contribution is 2.34. The number of piperidine rings is 1. The fourth-order valence-corrected chi connectivity index (χ4v) is 5.02. The molecule has 1 saturated carbocycles. The molecule has 7 nitrogen and oxygen atoms in total. The molecule has 0 N–H and O–H groups in total. The molecule has 33 heavy (non-hydrogen) atoms. The topological polar surface area (TPSA) is 67.7 Å². The van der Waals surface area contributed by atoms with Gasteiger partial charge < -0.3 is 9.64 Å². The van der Waals surface area contributed by atoms with Gasteiger partial charge in [-0.3, -0.25) is 9.69 Å². The SMILES string of the molecule is CCOC(=O)c1cn(-c2ccccc2)nc1N(C(=O)C1CCC(C)CC1)C1CCN(C)CC1. The lowest BCUT2D eigenvalue weighted by molar-refractivity contribution is -0.124. The Morgan fingerprint density at radius 3 is 2.36 bits per heavy atom. The van der Waals surface area contributed by atoms with Gasteiger partial charge in [0.25, 0.3) is 0 Å². The molecule has 2 aliphatic rings. The standard InChI is InChI=1S/C26H36N4O3/c1-4-33-26(32)23-18-29(21-8-6-5-7-9-21)27-24(23)30(22-14-16-28(3)17-15-22)25(31)20-12-10-19(2)11-13-20/h5-9,18-20,22H,4,10-17H2,1-3H3. The zero-order valence-corrected chi connectivity index (χ0v) is 20.1. The first-order valence-electron chi connectivity index (χ1n) is 12.3. The number of carbonyl (C=O) groups is 2. The van der Waals surface area contributed by atoms with Crippen molar-refractivity contribution in [3.05, 3.63) is 42.1 Å². The summed E-state index contributed by atoms with van der Waals surface area (Å²) in [6, 6.07) is 9.72. The number of esters is 1. The molecule has 1 aromatic heterocycles. The lowest BCUT2D eigenvalue weighted by Gasteiger charge is -2.39. The summed E-state index contributed by atoms with van der Waals surface area (Å²) in [5.74, 6) is 0.768. The summed E-state index contributed by atoms with van der Waals surface area (Å²) < 4.78 is 7.07. The Bertz CT molecular complexity index is 942. The maximum Gasteiger partial charge on any atom is 0.343 e. The van der Waals surface area contributed by atoms with Gasteiger partial charge in [0.05, 0.1) is 12.3 Å². The summed E-state index contributed by atoms with van der Waals surface area (Å²) in [5, 5.41) is 4.82. The Labute approximate surface area is 196 Å². The Kier molecular flexibility index (Phi) is 7.48. The van der Waals surface area contributed by atoms with E-state index in [4.69, 9.17) is 9.84 Å². The lowest BCUT2D eigenvalue weighted by atomic mass is 9.82. The quantitative estimate of drug-likeness (QED) is 0.611. The van der Waals surface area contributed by atoms with Crippen molar-refractivity contribution in [3.8, 4) is 5.69 Å². The van der Waals surface area contributed by atoms with Crippen LogP contribution in [-0.4, -0.2) is 59.3 Å². The average molecular weight is 453 g/mol. The van der Waals surface area contributed by atoms with Crippen LogP contribution in [0.25, 0.3) is 5.69 Å². The zero-order valence-electron chi connectivity index (χ0n) is 20.1. The Hall–Kier alpha value is -2.67. The maximum absolute atomic E-state index is 14.0. The molecule has 1 aliphatic carbocycles. The predicted octanol–water partition coefficient (Wildman–Crippen LogP) is 4.30. The molecule has 1 amide bonds. The van der Waals surface area contributed by atoms with E-state index in [2.05, 4.69) is 18.9 Å². The number of nitrogens with zero attached hydrogens (tertiary/aromatic N) is 4. The monoisotopic (exact) mass is 452 g/mol. The molecule has 0 atom stereocenters. The maximum atomic E-state index is 14.0. The number of amides is 1. The van der Waals surface area contributed by atoms with Gasteiger partial charge in [-0.25, -0.2) is 9.48 Å². The molecule has 0 unspecified atom stereocenters. The molecule has 178 valence electrons. The molecule has 4 rings (SSSR count). The first kappa shape index (κ1) is 23.5. The second-order valence-electron chi connectivity index (χ2n) is 9.57. The zero-order chi connectivity index (χ0) is 23.4. The third-order valence-corrected chi connectivity index (χ3v) is 7.09. The van der Waals surface area contributed by atoms with Gasteiger partial charge in [0.2, 0.25) is 5.91 Å². The number of ether oxygens (including phenoxy) is 1. The van der Waals surface area contributed by atoms with Crippen molar-refractivity contribution < 1.29 is 14.3 Å². The minimum atomic E-state index is -0.433. The van der Waals surface area contributed by atoms with Crippen LogP contribution in [0.15, 0.2) is 36.5 Å². The molecule has 7 heteroatoms. The Morgan fingerprint density at radius 1 is 1.06 bits per heavy atom. The van der Waals surface area contributed by atoms with Crippen LogP contribution >= 0.6 is 0 Å². The number of likely N-dealkylation sites (tertiary alicyclic amines) is 1. The lowest BCUT2D eigenvalue weighted by Crippen LogP contribution is -2.50. The molecule has 1 saturated heterocycles. The van der Waals surface area contributed by atoms with Gasteiger partial charge in [-0.15, -0.1) is 5.10 Å². The van der Waals surface area contributed by atoms with Crippen LogP contribution in [0.4, 0.5) is 5.82 Å². The highest BCUT2D eigenvalue weighted by molar-refractivity contribution is 6.02. The first-order chi connectivity index (χ1) is 16.0. The van der Waals surface area contributed by atoms with Gasteiger partial charge in [0, 0.05) is 18.2 Å². The van der Waals surface area contributed by atoms with Crippen molar-refractivity contribution in [3.63, 3.8) is 0 Å². The van der Waals surface area contributed by atoms with Crippen molar-refractivity contribution in [2.45, 2.75) is 58.4 Å². The second-order valence-corrected chi connectivity index (χ2v) is 9.57. The van der Waals surface area contributed by atoms with Crippen molar-refractivity contribution in [2.24, 2.45) is 11.8 Å². The second kappa shape index (κ2) is 10.5. The number of hydrogen-bond donors (Lipinski definition) is 0. The molecular weight excluding hydrogens is 416 g/mol. The van der Waals surface area contributed by atoms with Crippen LogP contribution in [0.1, 0.15) is 62.7 Å². The van der Waals surface area contributed by atoms with Crippen molar-refractivity contribution in [1.82, 2.24) is 14.7 Å². The average Bonchev–Trinajstić information content (AvgIpc) is 3.27. The van der Waals surface area contributed by atoms with Crippen LogP contribution in [0.5, 0.6) is 0 Å². The number of para-hydroxylation sites is 1. The Morgan fingerprint density at radius 2 is 1.73 bits per heavy atom. The molecule has 0 spiro atoms. The molecule has 2 heterocycles. The largest absolute Gasteiger partial charge is 0.462 e. The van der Waals surface area contributed by atoms with Gasteiger partial charge in [-0.05, 0) is 83.6 Å². The fourth-order valence-electron chi connectivity index (χ4n) is 5.02. The highest BCUT2D eigenvalue weighted by atomic mass is 16.5. The first-order valence-corrected chi connectivity index (χ1v) is 12.3. The van der Waals surface area contributed by atoms with Crippen LogP contribution in [0.2, 0.25) is 0 Å². The molecule has 2 fully saturated rings. The van der Waals surface area contributed by atoms with E-state index >= 15 is 0 Å². The summed E-state index contributed by atoms with van der Waals surface area (Å²) in [6.07, 6.45) is 7.38. The van der Waals surface area contributed by atoms with Crippen LogP contribution in [0, 0.1) is 11.8 Å². The number of hydrogen-bond acceptors (Lipinski definition) is 5. The summed E-state index contributed by atoms with van der Waals surface area (Å²) in [6.45, 7) is 6.17. The minimum Gasteiger partial charge on any atom is -0.462 e. The fraction of sp³-hybridized carbons (Fsp3) is 0.577. The molecule has 1 aromatic carbocycles. The van der Waals surface area contributed by atoms with E-state index in [1.165, 1.54) is 0 Å². The highest BCUT2D eigenvalue weighted by Gasteiger charge is 2.38. The van der Waals surface area contributed by atoms with Gasteiger partial charge in [-0.2, -0.15) is 0 Å². The van der Waals surface area contributed by atoms with Gasteiger partial charge >= 0.3 is 5.97 Å². The number of aromatic nitrogens is 2. The van der Waals surface area contributed by atoms with E-state index in [0.717, 1.165) is 57.3 Å². The van der Waals surface area contributed by atoms with Crippen LogP contribution < -0.4 is 4.90 Å². The normalized spacial score (nSPS) is 22.2. The minimum absolute atomic E-state index is 0.0159. The van der Waals surface area contributed by atoms with Gasteiger partial charge in [0.15, 0.2) is 5.82 Å². The predicted molar refractivity (Wildman–Crippen MR) is 129 cm³/mol. The number of rotatable bonds is 6. The molecule has 0 bridgehead atoms. The van der Waals surface area contributed by atoms with E-state index in [1.54, 1.807) is 17.8 Å². The van der Waals surface area contributed by atoms with Crippen molar-refractivity contribution in [2.75, 3.05) is 31.6 Å². The van der Waals surface area contributed by atoms with E-state index in [1.807, 2.05) is 35.2 Å². The third kappa shape index (κ3) is 5.29. The molecular formula is C26H36N4O3. The smallest absolute Gasteiger partial charge is 0.343 e. The molecule has 0 radical (unpaired) electrons. The summed E-state index contributed by atoms with van der Waals surface area (Å²) in [4.78, 5) is 31.1. The summed E-state index contributed by atoms with van der Waals surface area (Å²) in [5.41, 5.74) is 1.20. The summed E-state index contributed by atoms with van der Waals surface area (Å²) in [7, 11) is 2.11. The van der Waals surface area contributed by atoms with Crippen molar-refractivity contribution in [1.29, 1.82) is 0 Å². The van der Waals surface area contributed by atoms with E-state index in [-0.39, 0.29) is 24.5 Å². The van der Waals surface area contributed by atoms with Gasteiger partial charge in [0.1, 0.15) is 5.56 Å². The van der Waals surface area contributed by atoms with E-state index in [0.29, 0.717) is 17.3 Å². The summed E-state index contributed by atoms with van der Waals surface area (Å²) >= 11 is 0. The van der Waals surface area contributed by atoms with E-state index in [9.17, 15) is 9.59 Å². The van der Waals surface area contributed by atoms with Crippen molar-refractivity contribution >= 4 is 17.7 Å². The van der Waals surface area contributed by atoms with Crippen LogP contribution in [0.3, 0.4) is 0 Å². The van der Waals surface area contributed by atoms with E-state index < -0.39 is 5.97 Å². The van der Waals surface area contributed by atoms with Crippen LogP contribution in [-0.2, 0) is 9.53 Å². The number of anilines is 1. The third-order valence-electron chi connectivity index (χ3n) is 7.09. The van der Waals surface area contributed by atoms with Gasteiger partial charge in [-0.1, -0.05) is 25.1 Å². The Balaban J connectivity index is 1.75. The number of benzene rings is 1. The number of carbonyl (C=O) groups excluding carboxylic acids is 2. The molecule has 1 aliphatic heterocycles. The molecule has 2 aromatic rings.